The Bertz CT molecular complexity index is 563. The molecule has 2 amide bonds. The summed E-state index contributed by atoms with van der Waals surface area (Å²) in [6.07, 6.45) is 0.975. The minimum atomic E-state index is -0.00115. The molecular formula is C15H20ClN3O2S. The van der Waals surface area contributed by atoms with E-state index in [-0.39, 0.29) is 36.8 Å². The van der Waals surface area contributed by atoms with E-state index >= 15 is 0 Å². The summed E-state index contributed by atoms with van der Waals surface area (Å²) in [5.41, 5.74) is 0.852. The number of fused-ring (bicyclic) bond motifs is 1. The van der Waals surface area contributed by atoms with Gasteiger partial charge in [-0.1, -0.05) is 12.1 Å². The third-order valence-electron chi connectivity index (χ3n) is 4.08. The summed E-state index contributed by atoms with van der Waals surface area (Å²) in [6, 6.07) is 8.00. The maximum absolute atomic E-state index is 12.5. The van der Waals surface area contributed by atoms with Crippen molar-refractivity contribution in [3.63, 3.8) is 0 Å². The van der Waals surface area contributed by atoms with Crippen molar-refractivity contribution >= 4 is 41.7 Å². The predicted molar refractivity (Wildman–Crippen MR) is 90.8 cm³/mol. The van der Waals surface area contributed by atoms with Crippen LogP contribution in [0.1, 0.15) is 6.42 Å². The van der Waals surface area contributed by atoms with E-state index in [0.717, 1.165) is 30.1 Å². The number of halogens is 1. The van der Waals surface area contributed by atoms with Gasteiger partial charge in [0.2, 0.25) is 11.8 Å². The van der Waals surface area contributed by atoms with Gasteiger partial charge in [0, 0.05) is 24.5 Å². The van der Waals surface area contributed by atoms with E-state index in [2.05, 4.69) is 5.32 Å². The van der Waals surface area contributed by atoms with E-state index < -0.39 is 0 Å². The number of hydrogen-bond acceptors (Lipinski definition) is 4. The van der Waals surface area contributed by atoms with E-state index in [1.807, 2.05) is 31.3 Å². The minimum absolute atomic E-state index is 0. The van der Waals surface area contributed by atoms with Crippen molar-refractivity contribution in [1.82, 2.24) is 10.2 Å². The Kier molecular flexibility index (Phi) is 5.72. The Morgan fingerprint density at radius 3 is 2.95 bits per heavy atom. The zero-order chi connectivity index (χ0) is 14.8. The molecule has 0 bridgehead atoms. The molecule has 22 heavy (non-hydrogen) atoms. The predicted octanol–water partition coefficient (Wildman–Crippen LogP) is 1.37. The second-order valence-corrected chi connectivity index (χ2v) is 6.40. The molecule has 0 saturated carbocycles. The highest BCUT2D eigenvalue weighted by Crippen LogP contribution is 2.34. The van der Waals surface area contributed by atoms with Crippen molar-refractivity contribution in [1.29, 1.82) is 0 Å². The number of anilines is 1. The van der Waals surface area contributed by atoms with E-state index in [9.17, 15) is 9.59 Å². The highest BCUT2D eigenvalue weighted by atomic mass is 35.5. The van der Waals surface area contributed by atoms with Crippen LogP contribution < -0.4 is 10.2 Å². The van der Waals surface area contributed by atoms with Crippen molar-refractivity contribution in [3.8, 4) is 0 Å². The molecule has 2 aliphatic heterocycles. The zero-order valence-corrected chi connectivity index (χ0v) is 14.1. The number of benzene rings is 1. The Labute approximate surface area is 140 Å². The Morgan fingerprint density at radius 1 is 1.45 bits per heavy atom. The van der Waals surface area contributed by atoms with Gasteiger partial charge in [0.1, 0.15) is 6.54 Å². The lowest BCUT2D eigenvalue weighted by atomic mass is 10.2. The molecular weight excluding hydrogens is 322 g/mol. The number of carbonyl (C=O) groups excluding carboxylic acids is 2. The molecule has 1 saturated heterocycles. The third-order valence-corrected chi connectivity index (χ3v) is 5.12. The Hall–Kier alpha value is -1.24. The van der Waals surface area contributed by atoms with Gasteiger partial charge in [0.15, 0.2) is 0 Å². The SMILES string of the molecule is CN(C(=O)CN1C(=O)CSc2ccccc21)C1CCNC1.Cl. The number of thioether (sulfide) groups is 1. The fourth-order valence-electron chi connectivity index (χ4n) is 2.75. The van der Waals surface area contributed by atoms with Gasteiger partial charge in [-0.05, 0) is 25.1 Å². The number of amides is 2. The quantitative estimate of drug-likeness (QED) is 0.902. The summed E-state index contributed by atoms with van der Waals surface area (Å²) >= 11 is 1.54. The summed E-state index contributed by atoms with van der Waals surface area (Å²) in [5, 5.41) is 3.26. The zero-order valence-electron chi connectivity index (χ0n) is 12.4. The molecule has 1 N–H and O–H groups in total. The molecule has 2 aliphatic rings. The van der Waals surface area contributed by atoms with Crippen LogP contribution in [0.25, 0.3) is 0 Å². The van der Waals surface area contributed by atoms with E-state index in [4.69, 9.17) is 0 Å². The van der Waals surface area contributed by atoms with Crippen molar-refractivity contribution in [2.75, 3.05) is 37.3 Å². The first-order valence-corrected chi connectivity index (χ1v) is 8.14. The number of nitrogens with zero attached hydrogens (tertiary/aromatic N) is 2. The van der Waals surface area contributed by atoms with Crippen LogP contribution in [0.2, 0.25) is 0 Å². The first kappa shape index (κ1) is 17.1. The molecule has 1 unspecified atom stereocenters. The maximum atomic E-state index is 12.5. The monoisotopic (exact) mass is 341 g/mol. The molecule has 3 rings (SSSR count). The summed E-state index contributed by atoms with van der Waals surface area (Å²) in [5.74, 6) is 0.405. The first-order chi connectivity index (χ1) is 10.2. The third kappa shape index (κ3) is 3.39. The van der Waals surface area contributed by atoms with Gasteiger partial charge in [-0.25, -0.2) is 0 Å². The van der Waals surface area contributed by atoms with Gasteiger partial charge >= 0.3 is 0 Å². The van der Waals surface area contributed by atoms with Crippen LogP contribution in [0.15, 0.2) is 29.2 Å². The smallest absolute Gasteiger partial charge is 0.242 e. The lowest BCUT2D eigenvalue weighted by Gasteiger charge is -2.31. The van der Waals surface area contributed by atoms with Gasteiger partial charge in [-0.3, -0.25) is 9.59 Å². The fraction of sp³-hybridized carbons (Fsp3) is 0.467. The molecule has 1 fully saturated rings. The minimum Gasteiger partial charge on any atom is -0.340 e. The molecule has 1 aromatic carbocycles. The van der Waals surface area contributed by atoms with Crippen molar-refractivity contribution in [2.24, 2.45) is 0 Å². The van der Waals surface area contributed by atoms with E-state index in [0.29, 0.717) is 5.75 Å². The van der Waals surface area contributed by atoms with Crippen LogP contribution in [0.4, 0.5) is 5.69 Å². The normalized spacial score (nSPS) is 20.3. The molecule has 1 aromatic rings. The van der Waals surface area contributed by atoms with Gasteiger partial charge in [0.05, 0.1) is 11.4 Å². The Morgan fingerprint density at radius 2 is 2.23 bits per heavy atom. The van der Waals surface area contributed by atoms with Crippen molar-refractivity contribution in [3.05, 3.63) is 24.3 Å². The van der Waals surface area contributed by atoms with E-state index in [1.54, 1.807) is 9.80 Å². The number of nitrogens with one attached hydrogen (secondary N) is 1. The molecule has 1 atom stereocenters. The number of hydrogen-bond donors (Lipinski definition) is 1. The number of likely N-dealkylation sites (N-methyl/N-ethyl adjacent to an activating group) is 1. The van der Waals surface area contributed by atoms with Crippen LogP contribution in [-0.2, 0) is 9.59 Å². The molecule has 5 nitrogen and oxygen atoms in total. The van der Waals surface area contributed by atoms with Gasteiger partial charge in [0.25, 0.3) is 0 Å². The number of para-hydroxylation sites is 1. The molecule has 0 spiro atoms. The lowest BCUT2D eigenvalue weighted by molar-refractivity contribution is -0.131. The first-order valence-electron chi connectivity index (χ1n) is 7.15. The standard InChI is InChI=1S/C15H19N3O2S.ClH/c1-17(11-6-7-16-8-11)14(19)9-18-12-4-2-3-5-13(12)21-10-15(18)20;/h2-5,11,16H,6-10H2,1H3;1H. The van der Waals surface area contributed by atoms with Gasteiger partial charge < -0.3 is 15.1 Å². The number of carbonyl (C=O) groups is 2. The van der Waals surface area contributed by atoms with Crippen LogP contribution in [0.5, 0.6) is 0 Å². The van der Waals surface area contributed by atoms with Crippen LogP contribution in [-0.4, -0.2) is 55.2 Å². The van der Waals surface area contributed by atoms with Crippen molar-refractivity contribution < 1.29 is 9.59 Å². The summed E-state index contributed by atoms with van der Waals surface area (Å²) < 4.78 is 0. The molecule has 0 aliphatic carbocycles. The largest absolute Gasteiger partial charge is 0.340 e. The van der Waals surface area contributed by atoms with Crippen LogP contribution >= 0.6 is 24.2 Å². The maximum Gasteiger partial charge on any atom is 0.242 e. The molecule has 0 aromatic heterocycles. The lowest BCUT2D eigenvalue weighted by Crippen LogP contribution is -2.47. The second kappa shape index (κ2) is 7.35. The van der Waals surface area contributed by atoms with Gasteiger partial charge in [-0.15, -0.1) is 24.2 Å². The summed E-state index contributed by atoms with van der Waals surface area (Å²) in [4.78, 5) is 29.1. The average molecular weight is 342 g/mol. The average Bonchev–Trinajstić information content (AvgIpc) is 3.03. The second-order valence-electron chi connectivity index (χ2n) is 5.39. The molecule has 7 heteroatoms. The fourth-order valence-corrected chi connectivity index (χ4v) is 3.68. The molecule has 0 radical (unpaired) electrons. The Balaban J connectivity index is 0.00000176. The summed E-state index contributed by atoms with van der Waals surface area (Å²) in [7, 11) is 1.83. The van der Waals surface area contributed by atoms with Crippen molar-refractivity contribution in [2.45, 2.75) is 17.4 Å². The van der Waals surface area contributed by atoms with Crippen LogP contribution in [0, 0.1) is 0 Å². The highest BCUT2D eigenvalue weighted by molar-refractivity contribution is 8.00. The molecule has 2 heterocycles. The van der Waals surface area contributed by atoms with E-state index in [1.165, 1.54) is 11.8 Å². The topological polar surface area (TPSA) is 52.7 Å². The molecule has 120 valence electrons. The number of rotatable bonds is 3. The summed E-state index contributed by atoms with van der Waals surface area (Å²) in [6.45, 7) is 1.91. The van der Waals surface area contributed by atoms with Gasteiger partial charge in [-0.2, -0.15) is 0 Å². The highest BCUT2D eigenvalue weighted by Gasteiger charge is 2.29. The van der Waals surface area contributed by atoms with Crippen LogP contribution in [0.3, 0.4) is 0 Å².